The van der Waals surface area contributed by atoms with Gasteiger partial charge in [-0.25, -0.2) is 0 Å². The minimum atomic E-state index is -0.876. The van der Waals surface area contributed by atoms with E-state index in [2.05, 4.69) is 4.98 Å². The molecule has 0 radical (unpaired) electrons. The van der Waals surface area contributed by atoms with E-state index < -0.39 is 5.97 Å². The fourth-order valence-corrected chi connectivity index (χ4v) is 2.68. The van der Waals surface area contributed by atoms with Crippen LogP contribution in [0.4, 0.5) is 0 Å². The van der Waals surface area contributed by atoms with Crippen molar-refractivity contribution in [3.05, 3.63) is 53.1 Å². The third kappa shape index (κ3) is 2.65. The fourth-order valence-electron chi connectivity index (χ4n) is 2.55. The van der Waals surface area contributed by atoms with Crippen LogP contribution in [0.3, 0.4) is 0 Å². The number of aromatic amines is 1. The van der Waals surface area contributed by atoms with E-state index in [9.17, 15) is 9.90 Å². The molecule has 0 atom stereocenters. The molecule has 22 heavy (non-hydrogen) atoms. The van der Waals surface area contributed by atoms with Gasteiger partial charge in [-0.1, -0.05) is 23.7 Å². The van der Waals surface area contributed by atoms with E-state index in [1.165, 1.54) is 0 Å². The van der Waals surface area contributed by atoms with Crippen molar-refractivity contribution in [3.63, 3.8) is 0 Å². The van der Waals surface area contributed by atoms with Gasteiger partial charge < -0.3 is 14.8 Å². The van der Waals surface area contributed by atoms with Crippen molar-refractivity contribution < 1.29 is 14.6 Å². The van der Waals surface area contributed by atoms with Crippen LogP contribution in [0.5, 0.6) is 5.75 Å². The van der Waals surface area contributed by atoms with Gasteiger partial charge in [-0.2, -0.15) is 0 Å². The highest BCUT2D eigenvalue weighted by Gasteiger charge is 2.16. The number of nitrogens with one attached hydrogen (secondary N) is 1. The van der Waals surface area contributed by atoms with Gasteiger partial charge >= 0.3 is 5.97 Å². The normalized spacial score (nSPS) is 10.8. The lowest BCUT2D eigenvalue weighted by Crippen LogP contribution is -2.01. The summed E-state index contributed by atoms with van der Waals surface area (Å²) in [6.07, 6.45) is -0.0644. The molecule has 0 amide bonds. The Hall–Kier alpha value is -2.46. The number of benzene rings is 2. The molecule has 1 heterocycles. The average Bonchev–Trinajstić information content (AvgIpc) is 2.85. The third-order valence-electron chi connectivity index (χ3n) is 3.57. The monoisotopic (exact) mass is 315 g/mol. The molecule has 2 aromatic carbocycles. The number of fused-ring (bicyclic) bond motifs is 1. The molecule has 0 bridgehead atoms. The summed E-state index contributed by atoms with van der Waals surface area (Å²) in [5, 5.41) is 10.7. The maximum Gasteiger partial charge on any atom is 0.307 e. The molecule has 0 saturated heterocycles. The first-order valence-corrected chi connectivity index (χ1v) is 7.12. The number of H-pyrrole nitrogens is 1. The van der Waals surface area contributed by atoms with Crippen LogP contribution in [0, 0.1) is 0 Å². The van der Waals surface area contributed by atoms with E-state index in [4.69, 9.17) is 16.3 Å². The van der Waals surface area contributed by atoms with Crippen molar-refractivity contribution in [1.29, 1.82) is 0 Å². The van der Waals surface area contributed by atoms with E-state index in [-0.39, 0.29) is 6.42 Å². The molecule has 0 saturated carbocycles. The highest BCUT2D eigenvalue weighted by molar-refractivity contribution is 6.30. The Morgan fingerprint density at radius 2 is 1.95 bits per heavy atom. The van der Waals surface area contributed by atoms with Crippen molar-refractivity contribution in [2.24, 2.45) is 0 Å². The molecule has 0 fully saturated rings. The number of aliphatic carboxylic acids is 1. The lowest BCUT2D eigenvalue weighted by Gasteiger charge is -2.04. The number of carboxylic acids is 1. The van der Waals surface area contributed by atoms with Crippen LogP contribution >= 0.6 is 11.6 Å². The summed E-state index contributed by atoms with van der Waals surface area (Å²) in [5.41, 5.74) is 3.31. The van der Waals surface area contributed by atoms with E-state index in [0.29, 0.717) is 10.8 Å². The average molecular weight is 316 g/mol. The first kappa shape index (κ1) is 14.5. The second-order valence-electron chi connectivity index (χ2n) is 4.97. The molecule has 3 rings (SSSR count). The number of ether oxygens (including phenoxy) is 1. The Labute approximate surface area is 132 Å². The minimum Gasteiger partial charge on any atom is -0.497 e. The number of carboxylic acid groups (broad SMARTS) is 1. The van der Waals surface area contributed by atoms with E-state index in [1.807, 2.05) is 30.3 Å². The molecular formula is C17H14ClNO3. The zero-order valence-corrected chi connectivity index (χ0v) is 12.6. The molecule has 0 unspecified atom stereocenters. The molecular weight excluding hydrogens is 302 g/mol. The highest BCUT2D eigenvalue weighted by atomic mass is 35.5. The maximum atomic E-state index is 11.2. The Bertz CT molecular complexity index is 837. The number of rotatable bonds is 4. The van der Waals surface area contributed by atoms with Gasteiger partial charge in [0.25, 0.3) is 0 Å². The summed E-state index contributed by atoms with van der Waals surface area (Å²) < 4.78 is 5.23. The SMILES string of the molecule is COc1ccc2[nH]c(-c3ccc(Cl)cc3)c(CC(=O)O)c2c1. The minimum absolute atomic E-state index is 0.0644. The number of hydrogen-bond donors (Lipinski definition) is 2. The van der Waals surface area contributed by atoms with Gasteiger partial charge in [-0.3, -0.25) is 4.79 Å². The van der Waals surface area contributed by atoms with E-state index in [1.54, 1.807) is 19.2 Å². The van der Waals surface area contributed by atoms with Crippen LogP contribution in [0.1, 0.15) is 5.56 Å². The third-order valence-corrected chi connectivity index (χ3v) is 3.83. The number of hydrogen-bond acceptors (Lipinski definition) is 2. The van der Waals surface area contributed by atoms with Crippen molar-refractivity contribution in [1.82, 2.24) is 4.98 Å². The number of halogens is 1. The van der Waals surface area contributed by atoms with E-state index in [0.717, 1.165) is 27.7 Å². The summed E-state index contributed by atoms with van der Waals surface area (Å²) in [4.78, 5) is 14.5. The molecule has 2 N–H and O–H groups in total. The van der Waals surface area contributed by atoms with Gasteiger partial charge in [0.2, 0.25) is 0 Å². The highest BCUT2D eigenvalue weighted by Crippen LogP contribution is 2.33. The topological polar surface area (TPSA) is 62.3 Å². The lowest BCUT2D eigenvalue weighted by atomic mass is 10.0. The second kappa shape index (κ2) is 5.73. The lowest BCUT2D eigenvalue weighted by molar-refractivity contribution is -0.136. The Balaban J connectivity index is 2.23. The standard InChI is InChI=1S/C17H14ClNO3/c1-22-12-6-7-15-13(8-12)14(9-16(20)21)17(19-15)10-2-4-11(18)5-3-10/h2-8,19H,9H2,1H3,(H,20,21). The largest absolute Gasteiger partial charge is 0.497 e. The van der Waals surface area contributed by atoms with Crippen LogP contribution in [0.15, 0.2) is 42.5 Å². The summed E-state index contributed by atoms with van der Waals surface area (Å²) in [6, 6.07) is 12.9. The molecule has 3 aromatic rings. The first-order chi connectivity index (χ1) is 10.6. The quantitative estimate of drug-likeness (QED) is 0.761. The van der Waals surface area contributed by atoms with Crippen LogP contribution in [0.25, 0.3) is 22.2 Å². The van der Waals surface area contributed by atoms with Gasteiger partial charge in [0.1, 0.15) is 5.75 Å². The molecule has 5 heteroatoms. The fraction of sp³-hybridized carbons (Fsp3) is 0.118. The molecule has 4 nitrogen and oxygen atoms in total. The first-order valence-electron chi connectivity index (χ1n) is 6.75. The zero-order valence-electron chi connectivity index (χ0n) is 11.9. The Morgan fingerprint density at radius 3 is 2.59 bits per heavy atom. The summed E-state index contributed by atoms with van der Waals surface area (Å²) in [6.45, 7) is 0. The van der Waals surface area contributed by atoms with Gasteiger partial charge in [-0.15, -0.1) is 0 Å². The van der Waals surface area contributed by atoms with Crippen LogP contribution < -0.4 is 4.74 Å². The van der Waals surface area contributed by atoms with Gasteiger partial charge in [0, 0.05) is 15.9 Å². The second-order valence-corrected chi connectivity index (χ2v) is 5.40. The Morgan fingerprint density at radius 1 is 1.23 bits per heavy atom. The van der Waals surface area contributed by atoms with Crippen molar-refractivity contribution in [3.8, 4) is 17.0 Å². The van der Waals surface area contributed by atoms with Crippen LogP contribution in [0.2, 0.25) is 5.02 Å². The summed E-state index contributed by atoms with van der Waals surface area (Å²) in [5.74, 6) is -0.181. The summed E-state index contributed by atoms with van der Waals surface area (Å²) >= 11 is 5.92. The predicted molar refractivity (Wildman–Crippen MR) is 86.6 cm³/mol. The van der Waals surface area contributed by atoms with Crippen molar-refractivity contribution in [2.45, 2.75) is 6.42 Å². The number of carbonyl (C=O) groups is 1. The Kier molecular flexibility index (Phi) is 3.77. The zero-order chi connectivity index (χ0) is 15.7. The van der Waals surface area contributed by atoms with Crippen molar-refractivity contribution in [2.75, 3.05) is 7.11 Å². The molecule has 112 valence electrons. The van der Waals surface area contributed by atoms with Crippen LogP contribution in [-0.4, -0.2) is 23.2 Å². The van der Waals surface area contributed by atoms with Crippen LogP contribution in [-0.2, 0) is 11.2 Å². The molecule has 0 aliphatic rings. The van der Waals surface area contributed by atoms with Gasteiger partial charge in [0.15, 0.2) is 0 Å². The smallest absolute Gasteiger partial charge is 0.307 e. The molecule has 1 aromatic heterocycles. The van der Waals surface area contributed by atoms with Gasteiger partial charge in [-0.05, 0) is 41.5 Å². The van der Waals surface area contributed by atoms with E-state index >= 15 is 0 Å². The number of methoxy groups -OCH3 is 1. The van der Waals surface area contributed by atoms with Gasteiger partial charge in [0.05, 0.1) is 19.2 Å². The molecule has 0 aliphatic carbocycles. The molecule has 0 spiro atoms. The van der Waals surface area contributed by atoms with Crippen molar-refractivity contribution >= 4 is 28.5 Å². The number of aromatic nitrogens is 1. The molecule has 0 aliphatic heterocycles. The maximum absolute atomic E-state index is 11.2. The predicted octanol–water partition coefficient (Wildman–Crippen LogP) is 4.12. The summed E-state index contributed by atoms with van der Waals surface area (Å²) in [7, 11) is 1.59.